The van der Waals surface area contributed by atoms with Crippen LogP contribution in [0.5, 0.6) is 0 Å². The molecular formula is C53H86FN7O13S. The van der Waals surface area contributed by atoms with Gasteiger partial charge in [0.15, 0.2) is 12.6 Å². The summed E-state index contributed by atoms with van der Waals surface area (Å²) in [6.45, 7) is 17.5. The molecule has 0 radical (unpaired) electrons. The first-order chi connectivity index (χ1) is 35.3. The number of aliphatic hydroxyl groups is 5. The van der Waals surface area contributed by atoms with Crippen molar-refractivity contribution in [2.45, 2.75) is 204 Å². The van der Waals surface area contributed by atoms with Gasteiger partial charge in [-0.2, -0.15) is 0 Å². The third kappa shape index (κ3) is 14.0. The number of alkyl halides is 1. The van der Waals surface area contributed by atoms with Crippen molar-refractivity contribution >= 4 is 17.3 Å². The topological polar surface area (TPSA) is 246 Å². The van der Waals surface area contributed by atoms with Gasteiger partial charge in [0.05, 0.1) is 47.2 Å². The van der Waals surface area contributed by atoms with Crippen LogP contribution in [0.1, 0.15) is 118 Å². The Morgan fingerprint density at radius 1 is 0.973 bits per heavy atom. The Morgan fingerprint density at radius 2 is 1.67 bits per heavy atom. The Balaban J connectivity index is 1.26. The van der Waals surface area contributed by atoms with Crippen LogP contribution < -0.4 is 0 Å². The number of aliphatic hydroxyl groups excluding tert-OH is 3. The van der Waals surface area contributed by atoms with Crippen LogP contribution in [-0.4, -0.2) is 205 Å². The third-order valence-electron chi connectivity index (χ3n) is 16.3. The summed E-state index contributed by atoms with van der Waals surface area (Å²) in [7, 11) is 6.74. The molecule has 1 unspecified atom stereocenters. The van der Waals surface area contributed by atoms with Crippen molar-refractivity contribution in [2.24, 2.45) is 17.8 Å². The van der Waals surface area contributed by atoms with Gasteiger partial charge in [-0.25, -0.2) is 9.07 Å². The Kier molecular flexibility index (Phi) is 20.9. The minimum absolute atomic E-state index is 0.0830. The van der Waals surface area contributed by atoms with E-state index in [0.29, 0.717) is 31.6 Å². The first-order valence-electron chi connectivity index (χ1n) is 26.4. The Labute approximate surface area is 446 Å². The zero-order chi connectivity index (χ0) is 55.3. The molecule has 3 aromatic rings. The van der Waals surface area contributed by atoms with Crippen LogP contribution in [0, 0.1) is 17.8 Å². The van der Waals surface area contributed by atoms with E-state index in [4.69, 9.17) is 33.2 Å². The maximum absolute atomic E-state index is 14.9. The van der Waals surface area contributed by atoms with Crippen molar-refractivity contribution < 1.29 is 67.9 Å². The first kappa shape index (κ1) is 61.0. The quantitative estimate of drug-likeness (QED) is 0.124. The fraction of sp³-hybridized carbons (Fsp3) is 0.792. The highest BCUT2D eigenvalue weighted by atomic mass is 32.1. The Bertz CT molecular complexity index is 2230. The monoisotopic (exact) mass is 1080 g/mol. The molecule has 20 atom stereocenters. The normalized spacial score (nSPS) is 38.9. The van der Waals surface area contributed by atoms with Gasteiger partial charge in [0.25, 0.3) is 0 Å². The number of carbonyl (C=O) groups excluding carboxylic acids is 1. The van der Waals surface area contributed by atoms with E-state index < -0.39 is 127 Å². The van der Waals surface area contributed by atoms with Crippen molar-refractivity contribution in [3.05, 3.63) is 47.2 Å². The molecule has 3 saturated heterocycles. The molecule has 5 N–H and O–H groups in total. The molecule has 5 heterocycles. The predicted octanol–water partition coefficient (Wildman–Crippen LogP) is 4.52. The molecule has 3 aliphatic rings. The lowest BCUT2D eigenvalue weighted by molar-refractivity contribution is -0.318. The van der Waals surface area contributed by atoms with Gasteiger partial charge < -0.3 is 68.5 Å². The summed E-state index contributed by atoms with van der Waals surface area (Å²) in [5.41, 5.74) is -0.672. The van der Waals surface area contributed by atoms with E-state index in [2.05, 4.69) is 20.5 Å². The zero-order valence-corrected chi connectivity index (χ0v) is 47.2. The second-order valence-corrected chi connectivity index (χ2v) is 23.2. The molecule has 0 saturated carbocycles. The summed E-state index contributed by atoms with van der Waals surface area (Å²) >= 11 is 1.42. The fourth-order valence-corrected chi connectivity index (χ4v) is 12.2. The molecule has 3 fully saturated rings. The van der Waals surface area contributed by atoms with Crippen LogP contribution in [-0.2, 0) is 44.4 Å². The van der Waals surface area contributed by atoms with Crippen LogP contribution in [0.2, 0.25) is 0 Å². The number of esters is 1. The number of methoxy groups -OCH3 is 2. The fourth-order valence-electron chi connectivity index (χ4n) is 11.6. The standard InChI is InChI=1S/C53H86FN7O13S/c1-15-40-53(10,67)45(63)33(6)60(12)26-29(2)23-51(8,66)47(31(4)43(32(5)49(65)72-40)73-41-24-52(9,69-14)46(64)34(7)71-41)74-50-42(62)38(22-30(3)70-50)59(11)21-20-37-27-61(58-56-37)39(25-54)44(68-13)35-16-18-36(19-17-35)48-57-55-28-75-48/h16-19,27-34,38-47,50,62-64,66-67H,15,20-26H2,1-14H3/t29-,30-,31+,32-,33-,34?,38+,39-,40-,41+,42-,43+,44-,45-,46+,47-,50+,51-,52-,53-/m1/s1. The van der Waals surface area contributed by atoms with Crippen LogP contribution in [0.4, 0.5) is 4.39 Å². The van der Waals surface area contributed by atoms with E-state index in [9.17, 15) is 34.7 Å². The number of hydrogen-bond acceptors (Lipinski definition) is 20. The summed E-state index contributed by atoms with van der Waals surface area (Å²) in [5, 5.41) is 77.4. The molecule has 2 aromatic heterocycles. The van der Waals surface area contributed by atoms with Crippen molar-refractivity contribution in [3.63, 3.8) is 0 Å². The van der Waals surface area contributed by atoms with Gasteiger partial charge in [-0.05, 0) is 93.3 Å². The van der Waals surface area contributed by atoms with Crippen molar-refractivity contribution in [2.75, 3.05) is 48.1 Å². The number of hydrogen-bond donors (Lipinski definition) is 5. The van der Waals surface area contributed by atoms with E-state index in [1.807, 2.05) is 62.0 Å². The highest BCUT2D eigenvalue weighted by Gasteiger charge is 2.53. The molecule has 20 nitrogen and oxygen atoms in total. The Morgan fingerprint density at radius 3 is 2.28 bits per heavy atom. The molecule has 0 aliphatic carbocycles. The summed E-state index contributed by atoms with van der Waals surface area (Å²) in [6, 6.07) is 5.68. The molecule has 22 heteroatoms. The van der Waals surface area contributed by atoms with E-state index >= 15 is 0 Å². The number of likely N-dealkylation sites (N-methyl/N-ethyl adjacent to an activating group) is 2. The van der Waals surface area contributed by atoms with Crippen LogP contribution in [0.25, 0.3) is 10.6 Å². The largest absolute Gasteiger partial charge is 0.459 e. The SMILES string of the molecule is CC[C@H]1OC(=O)[C@H](C)[C@@H](O[C@H]2C[C@@](C)(OC)[C@@H](O)C(C)O2)[C@H](C)[C@@H](O[C@@H]2O[C@H](C)C[C@H](N(C)CCc3cn([C@H](CF)[C@H](OC)c4ccc(-c5nncs5)cc4)nn3)[C@H]2O)[C@](C)(O)C[C@@H](C)CN(C)[C@H](C)[C@@H](O)[C@]1(C)O. The second-order valence-electron chi connectivity index (χ2n) is 22.4. The molecule has 424 valence electrons. The number of rotatable bonds is 16. The molecule has 0 spiro atoms. The smallest absolute Gasteiger partial charge is 0.311 e. The summed E-state index contributed by atoms with van der Waals surface area (Å²) < 4.78 is 60.5. The minimum Gasteiger partial charge on any atom is -0.459 e. The maximum Gasteiger partial charge on any atom is 0.311 e. The van der Waals surface area contributed by atoms with Crippen LogP contribution in [0.15, 0.2) is 36.0 Å². The molecule has 6 rings (SSSR count). The second kappa shape index (κ2) is 25.7. The van der Waals surface area contributed by atoms with Gasteiger partial charge in [0.1, 0.15) is 59.4 Å². The summed E-state index contributed by atoms with van der Waals surface area (Å²) in [6.07, 6.45) is -8.02. The molecule has 0 amide bonds. The molecule has 75 heavy (non-hydrogen) atoms. The van der Waals surface area contributed by atoms with E-state index in [1.54, 1.807) is 60.2 Å². The molecule has 0 bridgehead atoms. The van der Waals surface area contributed by atoms with E-state index in [0.717, 1.165) is 16.1 Å². The summed E-state index contributed by atoms with van der Waals surface area (Å²) in [5.74, 6) is -2.88. The molecule has 1 aromatic carbocycles. The average Bonchev–Trinajstić information content (AvgIpc) is 4.09. The highest BCUT2D eigenvalue weighted by molar-refractivity contribution is 7.12. The number of ether oxygens (including phenoxy) is 7. The van der Waals surface area contributed by atoms with Gasteiger partial charge in [-0.3, -0.25) is 4.79 Å². The first-order valence-corrected chi connectivity index (χ1v) is 27.3. The van der Waals surface area contributed by atoms with Gasteiger partial charge in [-0.15, -0.1) is 15.3 Å². The van der Waals surface area contributed by atoms with Crippen LogP contribution >= 0.6 is 11.3 Å². The van der Waals surface area contributed by atoms with Gasteiger partial charge >= 0.3 is 5.97 Å². The van der Waals surface area contributed by atoms with Gasteiger partial charge in [-0.1, -0.05) is 61.6 Å². The lowest BCUT2D eigenvalue weighted by atomic mass is 9.77. The maximum atomic E-state index is 14.9. The predicted molar refractivity (Wildman–Crippen MR) is 277 cm³/mol. The third-order valence-corrected chi connectivity index (χ3v) is 17.1. The van der Waals surface area contributed by atoms with E-state index in [-0.39, 0.29) is 25.2 Å². The lowest BCUT2D eigenvalue weighted by Crippen LogP contribution is -2.61. The minimum atomic E-state index is -1.85. The number of carbonyl (C=O) groups is 1. The number of aromatic nitrogens is 5. The van der Waals surface area contributed by atoms with Gasteiger partial charge in [0.2, 0.25) is 0 Å². The molecule has 3 aliphatic heterocycles. The number of nitrogens with zero attached hydrogens (tertiary/aromatic N) is 7. The van der Waals surface area contributed by atoms with Crippen molar-refractivity contribution in [1.82, 2.24) is 35.0 Å². The Hall–Kier alpha value is -3.20. The van der Waals surface area contributed by atoms with Crippen molar-refractivity contribution in [3.8, 4) is 10.6 Å². The lowest BCUT2D eigenvalue weighted by Gasteiger charge is -2.49. The summed E-state index contributed by atoms with van der Waals surface area (Å²) in [4.78, 5) is 18.4. The highest BCUT2D eigenvalue weighted by Crippen LogP contribution is 2.41. The zero-order valence-electron chi connectivity index (χ0n) is 46.4. The number of cyclic esters (lactones) is 1. The average molecular weight is 1080 g/mol. The molecular weight excluding hydrogens is 994 g/mol. The van der Waals surface area contributed by atoms with Crippen molar-refractivity contribution in [1.29, 1.82) is 0 Å². The van der Waals surface area contributed by atoms with Crippen LogP contribution in [0.3, 0.4) is 0 Å². The number of halogens is 1. The van der Waals surface area contributed by atoms with Gasteiger partial charge in [0, 0.05) is 69.9 Å². The van der Waals surface area contributed by atoms with E-state index in [1.165, 1.54) is 37.2 Å². The number of benzene rings is 1.